The van der Waals surface area contributed by atoms with Gasteiger partial charge in [-0.05, 0) is 36.6 Å². The van der Waals surface area contributed by atoms with Gasteiger partial charge in [0.2, 0.25) is 0 Å². The van der Waals surface area contributed by atoms with E-state index in [1.54, 1.807) is 7.11 Å². The molecule has 0 atom stereocenters. The smallest absolute Gasteiger partial charge is 0.164 e. The molecule has 17 heavy (non-hydrogen) atoms. The van der Waals surface area contributed by atoms with E-state index in [1.165, 1.54) is 37.7 Å². The fourth-order valence-corrected chi connectivity index (χ4v) is 3.50. The van der Waals surface area contributed by atoms with Gasteiger partial charge < -0.3 is 4.74 Å². The van der Waals surface area contributed by atoms with Crippen LogP contribution in [0.15, 0.2) is 18.2 Å². The minimum Gasteiger partial charge on any atom is -0.497 e. The highest BCUT2D eigenvalue weighted by Gasteiger charge is 2.43. The van der Waals surface area contributed by atoms with Crippen molar-refractivity contribution >= 4 is 5.78 Å². The molecule has 1 aromatic rings. The van der Waals surface area contributed by atoms with Crippen molar-refractivity contribution in [1.82, 2.24) is 0 Å². The molecule has 1 aromatic carbocycles. The Morgan fingerprint density at radius 3 is 2.65 bits per heavy atom. The summed E-state index contributed by atoms with van der Waals surface area (Å²) in [4.78, 5) is 12.1. The van der Waals surface area contributed by atoms with Crippen LogP contribution < -0.4 is 4.74 Å². The molecule has 0 bridgehead atoms. The number of fused-ring (bicyclic) bond motifs is 2. The standard InChI is InChI=1S/C15H18O2/c1-17-11-5-6-12-13(9-11)15(10-14(12)16)7-3-2-4-8-15/h5-6,9H,2-4,7-8,10H2,1H3. The van der Waals surface area contributed by atoms with E-state index in [0.29, 0.717) is 5.78 Å². The summed E-state index contributed by atoms with van der Waals surface area (Å²) in [6, 6.07) is 5.93. The molecule has 0 aliphatic heterocycles. The zero-order valence-electron chi connectivity index (χ0n) is 10.3. The summed E-state index contributed by atoms with van der Waals surface area (Å²) in [6.07, 6.45) is 6.87. The molecule has 2 heteroatoms. The zero-order valence-corrected chi connectivity index (χ0v) is 10.3. The van der Waals surface area contributed by atoms with Crippen molar-refractivity contribution in [2.24, 2.45) is 0 Å². The van der Waals surface area contributed by atoms with Crippen LogP contribution in [0.2, 0.25) is 0 Å². The monoisotopic (exact) mass is 230 g/mol. The summed E-state index contributed by atoms with van der Waals surface area (Å²) < 4.78 is 5.30. The van der Waals surface area contributed by atoms with Gasteiger partial charge in [-0.2, -0.15) is 0 Å². The summed E-state index contributed by atoms with van der Waals surface area (Å²) in [5, 5.41) is 0. The Morgan fingerprint density at radius 1 is 1.18 bits per heavy atom. The van der Waals surface area contributed by atoms with Crippen LogP contribution in [0.3, 0.4) is 0 Å². The Labute approximate surface area is 102 Å². The molecule has 1 fully saturated rings. The topological polar surface area (TPSA) is 26.3 Å². The quantitative estimate of drug-likeness (QED) is 0.738. The maximum absolute atomic E-state index is 12.1. The summed E-state index contributed by atoms with van der Waals surface area (Å²) in [5.41, 5.74) is 2.33. The van der Waals surface area contributed by atoms with Crippen LogP contribution in [0, 0.1) is 0 Å². The predicted molar refractivity (Wildman–Crippen MR) is 66.7 cm³/mol. The Hall–Kier alpha value is -1.31. The lowest BCUT2D eigenvalue weighted by Gasteiger charge is -2.33. The first kappa shape index (κ1) is 10.8. The molecular weight excluding hydrogens is 212 g/mol. The Kier molecular flexibility index (Phi) is 2.46. The lowest BCUT2D eigenvalue weighted by atomic mass is 9.70. The largest absolute Gasteiger partial charge is 0.497 e. The van der Waals surface area contributed by atoms with Crippen LogP contribution in [0.25, 0.3) is 0 Å². The van der Waals surface area contributed by atoms with Crippen LogP contribution in [0.4, 0.5) is 0 Å². The van der Waals surface area contributed by atoms with E-state index in [4.69, 9.17) is 4.74 Å². The van der Waals surface area contributed by atoms with Crippen molar-refractivity contribution in [2.45, 2.75) is 43.9 Å². The second kappa shape index (κ2) is 3.86. The van der Waals surface area contributed by atoms with Gasteiger partial charge in [-0.15, -0.1) is 0 Å². The number of methoxy groups -OCH3 is 1. The maximum Gasteiger partial charge on any atom is 0.164 e. The van der Waals surface area contributed by atoms with Crippen molar-refractivity contribution in [3.63, 3.8) is 0 Å². The molecule has 2 aliphatic rings. The lowest BCUT2D eigenvalue weighted by Crippen LogP contribution is -2.26. The Morgan fingerprint density at radius 2 is 1.94 bits per heavy atom. The average molecular weight is 230 g/mol. The van der Waals surface area contributed by atoms with Gasteiger partial charge in [-0.25, -0.2) is 0 Å². The lowest BCUT2D eigenvalue weighted by molar-refractivity contribution is 0.0962. The Bertz CT molecular complexity index is 456. The van der Waals surface area contributed by atoms with E-state index in [-0.39, 0.29) is 5.41 Å². The van der Waals surface area contributed by atoms with Crippen molar-refractivity contribution in [3.8, 4) is 5.75 Å². The molecule has 0 saturated heterocycles. The molecule has 0 N–H and O–H groups in total. The van der Waals surface area contributed by atoms with Crippen molar-refractivity contribution in [1.29, 1.82) is 0 Å². The second-order valence-electron chi connectivity index (χ2n) is 5.35. The fourth-order valence-electron chi connectivity index (χ4n) is 3.50. The van der Waals surface area contributed by atoms with Crippen molar-refractivity contribution < 1.29 is 9.53 Å². The third-order valence-electron chi connectivity index (χ3n) is 4.41. The molecule has 0 amide bonds. The highest BCUT2D eigenvalue weighted by atomic mass is 16.5. The van der Waals surface area contributed by atoms with Gasteiger partial charge in [-0.1, -0.05) is 19.3 Å². The van der Waals surface area contributed by atoms with Crippen LogP contribution in [0.1, 0.15) is 54.4 Å². The number of Topliss-reactive ketones (excluding diaryl/α,β-unsaturated/α-hetero) is 1. The molecular formula is C15H18O2. The highest BCUT2D eigenvalue weighted by molar-refractivity contribution is 6.02. The van der Waals surface area contributed by atoms with Gasteiger partial charge in [0.1, 0.15) is 5.75 Å². The first-order valence-electron chi connectivity index (χ1n) is 6.47. The number of ketones is 1. The van der Waals surface area contributed by atoms with Crippen molar-refractivity contribution in [3.05, 3.63) is 29.3 Å². The fraction of sp³-hybridized carbons (Fsp3) is 0.533. The van der Waals surface area contributed by atoms with E-state index in [1.807, 2.05) is 12.1 Å². The summed E-state index contributed by atoms with van der Waals surface area (Å²) in [6.45, 7) is 0. The number of rotatable bonds is 1. The second-order valence-corrected chi connectivity index (χ2v) is 5.35. The first-order valence-corrected chi connectivity index (χ1v) is 6.47. The van der Waals surface area contributed by atoms with E-state index >= 15 is 0 Å². The predicted octanol–water partition coefficient (Wildman–Crippen LogP) is 3.48. The molecule has 90 valence electrons. The van der Waals surface area contributed by atoms with Crippen LogP contribution in [-0.4, -0.2) is 12.9 Å². The van der Waals surface area contributed by atoms with Gasteiger partial charge in [0, 0.05) is 17.4 Å². The van der Waals surface area contributed by atoms with Crippen molar-refractivity contribution in [2.75, 3.05) is 7.11 Å². The van der Waals surface area contributed by atoms with Crippen LogP contribution in [-0.2, 0) is 5.41 Å². The molecule has 3 rings (SSSR count). The third kappa shape index (κ3) is 1.58. The highest BCUT2D eigenvalue weighted by Crippen LogP contribution is 2.49. The van der Waals surface area contributed by atoms with E-state index in [0.717, 1.165) is 17.7 Å². The molecule has 0 radical (unpaired) electrons. The van der Waals surface area contributed by atoms with E-state index in [9.17, 15) is 4.79 Å². The SMILES string of the molecule is COc1ccc2c(c1)C1(CCCCC1)CC2=O. The molecule has 2 aliphatic carbocycles. The maximum atomic E-state index is 12.1. The van der Waals surface area contributed by atoms with Gasteiger partial charge in [-0.3, -0.25) is 4.79 Å². The molecule has 1 saturated carbocycles. The molecule has 0 unspecified atom stereocenters. The normalized spacial score (nSPS) is 21.6. The number of hydrogen-bond acceptors (Lipinski definition) is 2. The minimum absolute atomic E-state index is 0.138. The first-order chi connectivity index (χ1) is 8.25. The number of hydrogen-bond donors (Lipinski definition) is 0. The summed E-state index contributed by atoms with van der Waals surface area (Å²) in [7, 11) is 1.69. The van der Waals surface area contributed by atoms with E-state index < -0.39 is 0 Å². The number of carbonyl (C=O) groups is 1. The minimum atomic E-state index is 0.138. The summed E-state index contributed by atoms with van der Waals surface area (Å²) >= 11 is 0. The number of ether oxygens (including phenoxy) is 1. The van der Waals surface area contributed by atoms with E-state index in [2.05, 4.69) is 6.07 Å². The summed E-state index contributed by atoms with van der Waals surface area (Å²) in [5.74, 6) is 1.20. The van der Waals surface area contributed by atoms with Crippen LogP contribution in [0.5, 0.6) is 5.75 Å². The molecule has 0 aromatic heterocycles. The molecule has 1 spiro atoms. The number of carbonyl (C=O) groups excluding carboxylic acids is 1. The number of benzene rings is 1. The van der Waals surface area contributed by atoms with Gasteiger partial charge in [0.05, 0.1) is 7.11 Å². The van der Waals surface area contributed by atoms with Crippen LogP contribution >= 0.6 is 0 Å². The molecule has 0 heterocycles. The third-order valence-corrected chi connectivity index (χ3v) is 4.41. The van der Waals surface area contributed by atoms with Gasteiger partial charge >= 0.3 is 0 Å². The average Bonchev–Trinajstić information content (AvgIpc) is 2.63. The molecule has 2 nitrogen and oxygen atoms in total. The van der Waals surface area contributed by atoms with Gasteiger partial charge in [0.25, 0.3) is 0 Å². The Balaban J connectivity index is 2.09. The van der Waals surface area contributed by atoms with Gasteiger partial charge in [0.15, 0.2) is 5.78 Å². The zero-order chi connectivity index (χ0) is 11.9.